The lowest BCUT2D eigenvalue weighted by molar-refractivity contribution is 0.482. The lowest BCUT2D eigenvalue weighted by Crippen LogP contribution is -2.32. The minimum absolute atomic E-state index is 0.158. The third-order valence-electron chi connectivity index (χ3n) is 4.12. The third-order valence-corrected chi connectivity index (χ3v) is 5.10. The van der Waals surface area contributed by atoms with Crippen LogP contribution in [-0.4, -0.2) is 17.6 Å². The Balaban J connectivity index is 2.97. The summed E-state index contributed by atoms with van der Waals surface area (Å²) in [7, 11) is -4.40. The smallest absolute Gasteiger partial charge is 0.296 e. The highest BCUT2D eigenvalue weighted by Gasteiger charge is 2.20. The first kappa shape index (κ1) is 18.2. The molecule has 0 saturated heterocycles. The first-order chi connectivity index (χ1) is 11.1. The van der Waals surface area contributed by atoms with E-state index in [9.17, 15) is 13.0 Å². The van der Waals surface area contributed by atoms with Crippen molar-refractivity contribution in [3.05, 3.63) is 51.6 Å². The molecule has 0 radical (unpaired) electrons. The number of hydrogen-bond donors (Lipinski definition) is 2. The van der Waals surface area contributed by atoms with E-state index in [1.807, 2.05) is 40.7 Å². The molecule has 0 fully saturated rings. The number of pyridine rings is 1. The summed E-state index contributed by atoms with van der Waals surface area (Å²) in [6.07, 6.45) is 0.466. The van der Waals surface area contributed by atoms with Gasteiger partial charge in [-0.15, -0.1) is 0 Å². The molecule has 130 valence electrons. The van der Waals surface area contributed by atoms with Crippen molar-refractivity contribution >= 4 is 15.8 Å². The molecule has 0 unspecified atom stereocenters. The average molecular weight is 349 g/mol. The number of aryl methyl sites for hydroxylation is 4. The molecule has 24 heavy (non-hydrogen) atoms. The minimum Gasteiger partial charge on any atom is -0.338 e. The summed E-state index contributed by atoms with van der Waals surface area (Å²) in [5.74, 6) is 6.08. The van der Waals surface area contributed by atoms with Crippen LogP contribution < -0.4 is 11.3 Å². The maximum Gasteiger partial charge on any atom is 0.296 e. The van der Waals surface area contributed by atoms with Crippen molar-refractivity contribution in [3.63, 3.8) is 0 Å². The molecular weight excluding hydrogens is 326 g/mol. The zero-order chi connectivity index (χ0) is 18.2. The molecule has 1 aromatic heterocycles. The number of hydrogen-bond acceptors (Lipinski definition) is 4. The molecule has 3 N–H and O–H groups in total. The van der Waals surface area contributed by atoms with Gasteiger partial charge >= 0.3 is 0 Å². The van der Waals surface area contributed by atoms with Gasteiger partial charge in [0.25, 0.3) is 10.1 Å². The number of aromatic nitrogens is 1. The van der Waals surface area contributed by atoms with Crippen molar-refractivity contribution in [3.8, 4) is 0 Å². The van der Waals surface area contributed by atoms with E-state index in [0.717, 1.165) is 22.4 Å². The Bertz CT molecular complexity index is 944. The quantitative estimate of drug-likeness (QED) is 0.657. The van der Waals surface area contributed by atoms with Crippen LogP contribution in [0.15, 0.2) is 28.1 Å². The van der Waals surface area contributed by atoms with E-state index >= 15 is 0 Å². The van der Waals surface area contributed by atoms with Gasteiger partial charge < -0.3 is 5.84 Å². The molecule has 6 nitrogen and oxygen atoms in total. The fraction of sp³-hybridized carbons (Fsp3) is 0.353. The summed E-state index contributed by atoms with van der Waals surface area (Å²) in [4.78, 5) is 4.34. The van der Waals surface area contributed by atoms with Crippen LogP contribution in [-0.2, 0) is 16.5 Å². The standard InChI is InChI=1S/C17H23N3O3S/c1-6-14-7-10(2)8-15(16(14)24(21,22)23)19-17-13(5)11(3)9-12(4)20(17)18/h7-9H,6,18H2,1-5H3,(H,21,22,23). The van der Waals surface area contributed by atoms with Crippen LogP contribution in [0.4, 0.5) is 5.69 Å². The molecule has 0 aliphatic heterocycles. The molecule has 0 atom stereocenters. The van der Waals surface area contributed by atoms with Crippen molar-refractivity contribution in [1.82, 2.24) is 4.68 Å². The summed E-state index contributed by atoms with van der Waals surface area (Å²) in [6.45, 7) is 9.36. The summed E-state index contributed by atoms with van der Waals surface area (Å²) < 4.78 is 34.9. The molecule has 7 heteroatoms. The average Bonchev–Trinajstić information content (AvgIpc) is 2.47. The van der Waals surface area contributed by atoms with Crippen LogP contribution in [0.2, 0.25) is 0 Å². The monoisotopic (exact) mass is 349 g/mol. The topological polar surface area (TPSA) is 97.7 Å². The van der Waals surface area contributed by atoms with E-state index in [4.69, 9.17) is 5.84 Å². The van der Waals surface area contributed by atoms with Crippen LogP contribution in [0.5, 0.6) is 0 Å². The summed E-state index contributed by atoms with van der Waals surface area (Å²) in [6, 6.07) is 5.32. The molecule has 0 aliphatic carbocycles. The predicted octanol–water partition coefficient (Wildman–Crippen LogP) is 2.48. The van der Waals surface area contributed by atoms with Gasteiger partial charge in [0.05, 0.1) is 5.69 Å². The van der Waals surface area contributed by atoms with E-state index in [-0.39, 0.29) is 10.6 Å². The maximum atomic E-state index is 11.9. The molecule has 1 heterocycles. The van der Waals surface area contributed by atoms with E-state index in [1.54, 1.807) is 12.1 Å². The summed E-state index contributed by atoms with van der Waals surface area (Å²) in [5, 5.41) is 0. The van der Waals surface area contributed by atoms with Crippen LogP contribution in [0, 0.1) is 27.7 Å². The van der Waals surface area contributed by atoms with Gasteiger partial charge in [0.15, 0.2) is 5.49 Å². The van der Waals surface area contributed by atoms with Gasteiger partial charge in [-0.1, -0.05) is 13.0 Å². The van der Waals surface area contributed by atoms with Gasteiger partial charge in [0.1, 0.15) is 4.90 Å². The summed E-state index contributed by atoms with van der Waals surface area (Å²) >= 11 is 0. The molecule has 0 aliphatic rings. The fourth-order valence-corrected chi connectivity index (χ4v) is 3.64. The van der Waals surface area contributed by atoms with Crippen LogP contribution in [0.25, 0.3) is 0 Å². The minimum atomic E-state index is -4.40. The third kappa shape index (κ3) is 3.37. The molecule has 0 spiro atoms. The van der Waals surface area contributed by atoms with Crippen molar-refractivity contribution in [2.75, 3.05) is 5.84 Å². The first-order valence-electron chi connectivity index (χ1n) is 7.67. The van der Waals surface area contributed by atoms with Crippen LogP contribution in [0.1, 0.15) is 34.9 Å². The van der Waals surface area contributed by atoms with Crippen molar-refractivity contribution < 1.29 is 13.0 Å². The lowest BCUT2D eigenvalue weighted by Gasteiger charge is -2.13. The maximum absolute atomic E-state index is 11.9. The zero-order valence-corrected chi connectivity index (χ0v) is 15.4. The fourth-order valence-electron chi connectivity index (χ4n) is 2.74. The van der Waals surface area contributed by atoms with E-state index < -0.39 is 10.1 Å². The predicted molar refractivity (Wildman–Crippen MR) is 94.4 cm³/mol. The number of nitrogens with zero attached hydrogens (tertiary/aromatic N) is 2. The normalized spacial score (nSPS) is 12.7. The Kier molecular flexibility index (Phi) is 4.87. The van der Waals surface area contributed by atoms with Gasteiger partial charge in [0, 0.05) is 5.69 Å². The Morgan fingerprint density at radius 2 is 1.79 bits per heavy atom. The van der Waals surface area contributed by atoms with Gasteiger partial charge in [-0.05, 0) is 68.5 Å². The lowest BCUT2D eigenvalue weighted by atomic mass is 10.1. The second-order valence-corrected chi connectivity index (χ2v) is 7.36. The largest absolute Gasteiger partial charge is 0.338 e. The SMILES string of the molecule is CCc1cc(C)cc(N=c2c(C)c(C)cc(C)n2N)c1S(=O)(=O)O. The van der Waals surface area contributed by atoms with Crippen molar-refractivity contribution in [1.29, 1.82) is 0 Å². The molecular formula is C17H23N3O3S. The van der Waals surface area contributed by atoms with E-state index in [1.165, 1.54) is 4.68 Å². The Morgan fingerprint density at radius 3 is 2.33 bits per heavy atom. The highest BCUT2D eigenvalue weighted by atomic mass is 32.2. The second kappa shape index (κ2) is 6.41. The van der Waals surface area contributed by atoms with Crippen LogP contribution >= 0.6 is 0 Å². The van der Waals surface area contributed by atoms with Gasteiger partial charge in [-0.3, -0.25) is 4.55 Å². The molecule has 1 aromatic carbocycles. The molecule has 0 amide bonds. The van der Waals surface area contributed by atoms with Crippen molar-refractivity contribution in [2.45, 2.75) is 45.9 Å². The Hall–Kier alpha value is -2.12. The van der Waals surface area contributed by atoms with Gasteiger partial charge in [-0.2, -0.15) is 8.42 Å². The van der Waals surface area contributed by atoms with Crippen molar-refractivity contribution in [2.24, 2.45) is 4.99 Å². The number of benzene rings is 1. The highest BCUT2D eigenvalue weighted by molar-refractivity contribution is 7.86. The highest BCUT2D eigenvalue weighted by Crippen LogP contribution is 2.29. The van der Waals surface area contributed by atoms with E-state index in [2.05, 4.69) is 4.99 Å². The number of nitrogens with two attached hydrogens (primary N) is 1. The molecule has 0 bridgehead atoms. The summed E-state index contributed by atoms with van der Waals surface area (Å²) in [5.41, 5.74) is 4.71. The zero-order valence-electron chi connectivity index (χ0n) is 14.6. The van der Waals surface area contributed by atoms with E-state index in [0.29, 0.717) is 17.5 Å². The number of nitrogen functional groups attached to an aromatic ring is 1. The van der Waals surface area contributed by atoms with Gasteiger partial charge in [-0.25, -0.2) is 9.67 Å². The first-order valence-corrected chi connectivity index (χ1v) is 9.11. The van der Waals surface area contributed by atoms with Gasteiger partial charge in [0.2, 0.25) is 0 Å². The second-order valence-electron chi connectivity index (χ2n) is 6.00. The Labute approximate surface area is 142 Å². The molecule has 2 aromatic rings. The number of rotatable bonds is 3. The van der Waals surface area contributed by atoms with Crippen LogP contribution in [0.3, 0.4) is 0 Å². The Morgan fingerprint density at radius 1 is 1.17 bits per heavy atom. The molecule has 2 rings (SSSR count). The molecule has 0 saturated carbocycles.